The summed E-state index contributed by atoms with van der Waals surface area (Å²) in [5, 5.41) is 53.6. The second-order valence-corrected chi connectivity index (χ2v) is 7.61. The SMILES string of the molecule is C[C@](O)(CO)[C@H](O)[C@@]12NC(=O)[C@@](O)(NC1=O)C(CSCCO)CCO2. The molecule has 3 rings (SSSR count). The van der Waals surface area contributed by atoms with E-state index in [9.17, 15) is 30.0 Å². The molecule has 3 aliphatic heterocycles. The van der Waals surface area contributed by atoms with Gasteiger partial charge in [-0.2, -0.15) is 11.8 Å². The van der Waals surface area contributed by atoms with Crippen molar-refractivity contribution in [1.82, 2.24) is 10.6 Å². The van der Waals surface area contributed by atoms with E-state index in [0.29, 0.717) is 5.75 Å². The Morgan fingerprint density at radius 2 is 2.04 bits per heavy atom. The van der Waals surface area contributed by atoms with Crippen LogP contribution in [0.2, 0.25) is 0 Å². The number of ether oxygens (including phenoxy) is 1. The second-order valence-electron chi connectivity index (χ2n) is 6.46. The fraction of sp³-hybridized carbons (Fsp3) is 0.857. The van der Waals surface area contributed by atoms with E-state index >= 15 is 0 Å². The standard InChI is InChI=1S/C14H24N2O8S/c1-12(22,7-18)9(19)14-11(21)15-13(23,10(20)16-14)8(2-4-24-14)6-25-5-3-17/h8-9,17-19,22-23H,2-7H2,1H3,(H,15,21)(H,16,20)/t8?,9-,12-,13+,14-/m0/s1. The molecule has 2 bridgehead atoms. The Labute approximate surface area is 148 Å². The lowest BCUT2D eigenvalue weighted by Gasteiger charge is -2.51. The van der Waals surface area contributed by atoms with Gasteiger partial charge in [-0.05, 0) is 13.3 Å². The zero-order chi connectivity index (χ0) is 18.9. The van der Waals surface area contributed by atoms with Gasteiger partial charge in [0.15, 0.2) is 0 Å². The Bertz CT molecular complexity index is 533. The number of thioether (sulfide) groups is 1. The molecule has 5 atom stereocenters. The summed E-state index contributed by atoms with van der Waals surface area (Å²) in [7, 11) is 0. The topological polar surface area (TPSA) is 169 Å². The quantitative estimate of drug-likeness (QED) is 0.221. The highest BCUT2D eigenvalue weighted by Gasteiger charge is 2.64. The van der Waals surface area contributed by atoms with Gasteiger partial charge >= 0.3 is 0 Å². The number of amides is 2. The number of aliphatic hydroxyl groups excluding tert-OH is 3. The number of rotatable bonds is 7. The van der Waals surface area contributed by atoms with Crippen molar-refractivity contribution < 1.29 is 39.9 Å². The Hall–Kier alpha value is -0.950. The van der Waals surface area contributed by atoms with Crippen molar-refractivity contribution in [2.45, 2.75) is 36.5 Å². The van der Waals surface area contributed by atoms with Crippen molar-refractivity contribution in [2.24, 2.45) is 5.92 Å². The van der Waals surface area contributed by atoms with Crippen molar-refractivity contribution in [3.05, 3.63) is 0 Å². The molecule has 25 heavy (non-hydrogen) atoms. The van der Waals surface area contributed by atoms with Gasteiger partial charge < -0.3 is 40.9 Å². The van der Waals surface area contributed by atoms with Crippen LogP contribution in [0.3, 0.4) is 0 Å². The molecule has 0 saturated carbocycles. The molecule has 144 valence electrons. The van der Waals surface area contributed by atoms with Crippen LogP contribution < -0.4 is 10.6 Å². The average molecular weight is 380 g/mol. The summed E-state index contributed by atoms with van der Waals surface area (Å²) in [5.41, 5.74) is -6.65. The number of aliphatic hydroxyl groups is 5. The fourth-order valence-corrected chi connectivity index (χ4v) is 3.88. The zero-order valence-corrected chi connectivity index (χ0v) is 14.6. The first-order valence-corrected chi connectivity index (χ1v) is 9.01. The van der Waals surface area contributed by atoms with Gasteiger partial charge in [-0.15, -0.1) is 0 Å². The number of carbonyl (C=O) groups excluding carboxylic acids is 2. The molecule has 2 amide bonds. The molecule has 0 spiro atoms. The van der Waals surface area contributed by atoms with E-state index in [0.717, 1.165) is 6.92 Å². The van der Waals surface area contributed by atoms with Gasteiger partial charge in [0, 0.05) is 17.4 Å². The van der Waals surface area contributed by atoms with Crippen molar-refractivity contribution in [1.29, 1.82) is 0 Å². The van der Waals surface area contributed by atoms with Gasteiger partial charge in [-0.25, -0.2) is 0 Å². The lowest BCUT2D eigenvalue weighted by atomic mass is 9.83. The molecule has 0 aromatic heterocycles. The van der Waals surface area contributed by atoms with Crippen LogP contribution in [0.4, 0.5) is 0 Å². The molecule has 0 aliphatic carbocycles. The van der Waals surface area contributed by atoms with Crippen LogP contribution >= 0.6 is 11.8 Å². The third kappa shape index (κ3) is 3.50. The number of hydrogen-bond donors (Lipinski definition) is 7. The number of fused-ring (bicyclic) bond motifs is 5. The van der Waals surface area contributed by atoms with Crippen LogP contribution in [0.25, 0.3) is 0 Å². The Balaban J connectivity index is 2.30. The van der Waals surface area contributed by atoms with E-state index in [4.69, 9.17) is 9.84 Å². The number of carbonyl (C=O) groups is 2. The molecule has 0 aromatic carbocycles. The van der Waals surface area contributed by atoms with Gasteiger partial charge in [-0.1, -0.05) is 0 Å². The van der Waals surface area contributed by atoms with Crippen LogP contribution in [-0.2, 0) is 14.3 Å². The van der Waals surface area contributed by atoms with Crippen LogP contribution in [0.5, 0.6) is 0 Å². The molecule has 3 heterocycles. The summed E-state index contributed by atoms with van der Waals surface area (Å²) in [4.78, 5) is 25.1. The van der Waals surface area contributed by atoms with Gasteiger partial charge in [-0.3, -0.25) is 9.59 Å². The minimum Gasteiger partial charge on any atom is -0.396 e. The normalized spacial score (nSPS) is 36.0. The first-order valence-electron chi connectivity index (χ1n) is 7.85. The molecule has 3 aliphatic rings. The predicted molar refractivity (Wildman–Crippen MR) is 86.2 cm³/mol. The maximum Gasteiger partial charge on any atom is 0.278 e. The van der Waals surface area contributed by atoms with E-state index < -0.39 is 47.5 Å². The minimum absolute atomic E-state index is 0.0591. The van der Waals surface area contributed by atoms with Crippen molar-refractivity contribution in [2.75, 3.05) is 31.3 Å². The monoisotopic (exact) mass is 380 g/mol. The summed E-state index contributed by atoms with van der Waals surface area (Å²) in [6, 6.07) is 0. The predicted octanol–water partition coefficient (Wildman–Crippen LogP) is -3.52. The van der Waals surface area contributed by atoms with E-state index in [1.54, 1.807) is 0 Å². The van der Waals surface area contributed by atoms with Gasteiger partial charge in [0.2, 0.25) is 5.72 Å². The summed E-state index contributed by atoms with van der Waals surface area (Å²) in [6.07, 6.45) is -1.78. The second kappa shape index (κ2) is 7.35. The summed E-state index contributed by atoms with van der Waals surface area (Å²) >= 11 is 1.31. The maximum absolute atomic E-state index is 12.6. The lowest BCUT2D eigenvalue weighted by Crippen LogP contribution is -2.83. The van der Waals surface area contributed by atoms with Crippen LogP contribution in [0, 0.1) is 5.92 Å². The van der Waals surface area contributed by atoms with E-state index in [1.807, 2.05) is 0 Å². The largest absolute Gasteiger partial charge is 0.396 e. The number of hydrogen-bond acceptors (Lipinski definition) is 9. The van der Waals surface area contributed by atoms with Gasteiger partial charge in [0.05, 0.1) is 19.8 Å². The van der Waals surface area contributed by atoms with Crippen molar-refractivity contribution in [3.63, 3.8) is 0 Å². The molecular formula is C14H24N2O8S. The van der Waals surface area contributed by atoms with Crippen LogP contribution in [0.15, 0.2) is 0 Å². The lowest BCUT2D eigenvalue weighted by molar-refractivity contribution is -0.240. The van der Waals surface area contributed by atoms with Gasteiger partial charge in [0.25, 0.3) is 17.5 Å². The molecule has 7 N–H and O–H groups in total. The van der Waals surface area contributed by atoms with Crippen molar-refractivity contribution in [3.8, 4) is 0 Å². The highest BCUT2D eigenvalue weighted by atomic mass is 32.2. The fourth-order valence-electron chi connectivity index (χ4n) is 2.89. The molecule has 1 unspecified atom stereocenters. The average Bonchev–Trinajstić information content (AvgIpc) is 2.56. The Morgan fingerprint density at radius 3 is 2.64 bits per heavy atom. The smallest absolute Gasteiger partial charge is 0.278 e. The third-order valence-electron chi connectivity index (χ3n) is 4.52. The first-order chi connectivity index (χ1) is 11.6. The molecule has 0 radical (unpaired) electrons. The van der Waals surface area contributed by atoms with Crippen molar-refractivity contribution >= 4 is 23.6 Å². The molecule has 3 saturated heterocycles. The highest BCUT2D eigenvalue weighted by Crippen LogP contribution is 2.35. The van der Waals surface area contributed by atoms with E-state index in [1.165, 1.54) is 11.8 Å². The third-order valence-corrected chi connectivity index (χ3v) is 5.63. The molecule has 3 fully saturated rings. The molecule has 10 nitrogen and oxygen atoms in total. The molecule has 11 heteroatoms. The minimum atomic E-state index is -2.32. The summed E-state index contributed by atoms with van der Waals surface area (Å²) in [6.45, 7) is 0.0611. The summed E-state index contributed by atoms with van der Waals surface area (Å²) < 4.78 is 5.44. The molecular weight excluding hydrogens is 356 g/mol. The zero-order valence-electron chi connectivity index (χ0n) is 13.8. The van der Waals surface area contributed by atoms with Crippen LogP contribution in [-0.4, -0.2) is 91.8 Å². The van der Waals surface area contributed by atoms with E-state index in [2.05, 4.69) is 10.6 Å². The van der Waals surface area contributed by atoms with Gasteiger partial charge in [0.1, 0.15) is 11.7 Å². The summed E-state index contributed by atoms with van der Waals surface area (Å²) in [5.74, 6) is -1.98. The number of nitrogens with one attached hydrogen (secondary N) is 2. The highest BCUT2D eigenvalue weighted by molar-refractivity contribution is 7.99. The maximum atomic E-state index is 12.6. The Kier molecular flexibility index (Phi) is 5.99. The van der Waals surface area contributed by atoms with Crippen LogP contribution in [0.1, 0.15) is 13.3 Å². The van der Waals surface area contributed by atoms with E-state index in [-0.39, 0.29) is 25.4 Å². The Morgan fingerprint density at radius 1 is 1.36 bits per heavy atom. The first kappa shape index (κ1) is 20.4. The molecule has 0 aromatic rings. The number of piperazine rings is 1.